The molecule has 0 atom stereocenters. The molecule has 3 heteroatoms. The van der Waals surface area contributed by atoms with Gasteiger partial charge in [0.1, 0.15) is 0 Å². The first-order valence-corrected chi connectivity index (χ1v) is 7.75. The molecule has 1 aromatic heterocycles. The van der Waals surface area contributed by atoms with E-state index < -0.39 is 0 Å². The summed E-state index contributed by atoms with van der Waals surface area (Å²) in [6.45, 7) is 13.2. The lowest BCUT2D eigenvalue weighted by Gasteiger charge is -2.18. The maximum atomic E-state index is 5.18. The van der Waals surface area contributed by atoms with Crippen LogP contribution >= 0.6 is 15.9 Å². The Morgan fingerprint density at radius 3 is 2.00 bits per heavy atom. The predicted octanol–water partition coefficient (Wildman–Crippen LogP) is 5.11. The Balaban J connectivity index is 0.000000459. The smallest absolute Gasteiger partial charge is 0.216 e. The molecule has 0 saturated carbocycles. The Bertz CT molecular complexity index is 364. The van der Waals surface area contributed by atoms with Crippen molar-refractivity contribution in [3.63, 3.8) is 0 Å². The minimum absolute atomic E-state index is 0.274. The maximum Gasteiger partial charge on any atom is 0.216 e. The number of alkyl halides is 1. The van der Waals surface area contributed by atoms with Gasteiger partial charge < -0.3 is 4.74 Å². The molecule has 0 fully saturated rings. The van der Waals surface area contributed by atoms with Crippen molar-refractivity contribution < 1.29 is 4.74 Å². The summed E-state index contributed by atoms with van der Waals surface area (Å²) in [5.74, 6) is 0.748. The van der Waals surface area contributed by atoms with Crippen LogP contribution in [0.2, 0.25) is 0 Å². The number of hydrogen-bond donors (Lipinski definition) is 0. The van der Waals surface area contributed by atoms with Crippen LogP contribution in [0.5, 0.6) is 5.88 Å². The highest BCUT2D eigenvalue weighted by Gasteiger charge is 2.14. The van der Waals surface area contributed by atoms with E-state index in [0.29, 0.717) is 5.41 Å². The molecule has 0 spiro atoms. The van der Waals surface area contributed by atoms with Crippen molar-refractivity contribution in [1.82, 2.24) is 4.98 Å². The van der Waals surface area contributed by atoms with Crippen molar-refractivity contribution >= 4 is 15.9 Å². The predicted molar refractivity (Wildman–Crippen MR) is 87.2 cm³/mol. The second-order valence-electron chi connectivity index (χ2n) is 7.10. The number of methoxy groups -OCH3 is 1. The molecule has 0 unspecified atom stereocenters. The molecule has 2 nitrogen and oxygen atoms in total. The first-order chi connectivity index (χ1) is 8.59. The molecule has 0 amide bonds. The first-order valence-electron chi connectivity index (χ1n) is 6.63. The summed E-state index contributed by atoms with van der Waals surface area (Å²) >= 11 is 3.37. The van der Waals surface area contributed by atoms with Crippen LogP contribution < -0.4 is 4.74 Å². The third kappa shape index (κ3) is 9.94. The lowest BCUT2D eigenvalue weighted by atomic mass is 9.88. The van der Waals surface area contributed by atoms with Gasteiger partial charge in [0.05, 0.1) is 7.11 Å². The lowest BCUT2D eigenvalue weighted by Crippen LogP contribution is -2.10. The van der Waals surface area contributed by atoms with Gasteiger partial charge >= 0.3 is 0 Å². The van der Waals surface area contributed by atoms with Gasteiger partial charge in [-0.2, -0.15) is 0 Å². The summed E-state index contributed by atoms with van der Waals surface area (Å²) in [4.78, 5) is 4.16. The highest BCUT2D eigenvalue weighted by molar-refractivity contribution is 9.09. The Morgan fingerprint density at radius 2 is 1.63 bits per heavy atom. The van der Waals surface area contributed by atoms with Gasteiger partial charge in [0.2, 0.25) is 5.88 Å². The van der Waals surface area contributed by atoms with E-state index in [1.165, 1.54) is 5.56 Å². The third-order valence-corrected chi connectivity index (χ3v) is 3.85. The highest BCUT2D eigenvalue weighted by Crippen LogP contribution is 2.25. The number of aromatic nitrogens is 1. The van der Waals surface area contributed by atoms with E-state index in [-0.39, 0.29) is 5.41 Å². The van der Waals surface area contributed by atoms with Crippen molar-refractivity contribution in [2.75, 3.05) is 12.4 Å². The van der Waals surface area contributed by atoms with Crippen molar-refractivity contribution in [3.05, 3.63) is 23.9 Å². The molecule has 0 aliphatic heterocycles. The zero-order valence-corrected chi connectivity index (χ0v) is 15.0. The van der Waals surface area contributed by atoms with Crippen LogP contribution in [0.3, 0.4) is 0 Å². The molecule has 0 bridgehead atoms. The zero-order valence-electron chi connectivity index (χ0n) is 13.4. The van der Waals surface area contributed by atoms with Crippen molar-refractivity contribution in [2.24, 2.45) is 10.8 Å². The molecule has 0 saturated heterocycles. The summed E-state index contributed by atoms with van der Waals surface area (Å²) in [6.07, 6.45) is 2.75. The van der Waals surface area contributed by atoms with Gasteiger partial charge in [-0.1, -0.05) is 63.5 Å². The minimum atomic E-state index is 0.274. The van der Waals surface area contributed by atoms with Gasteiger partial charge in [-0.05, 0) is 23.3 Å². The molecule has 1 aromatic rings. The van der Waals surface area contributed by atoms with E-state index in [1.54, 1.807) is 13.3 Å². The molecular formula is C16H28BrNO. The first kappa shape index (κ1) is 18.4. The molecule has 0 aliphatic rings. The average Bonchev–Trinajstić information content (AvgIpc) is 2.27. The Morgan fingerprint density at radius 1 is 1.11 bits per heavy atom. The number of halogens is 1. The van der Waals surface area contributed by atoms with Gasteiger partial charge in [0.25, 0.3) is 0 Å². The van der Waals surface area contributed by atoms with Crippen LogP contribution in [-0.4, -0.2) is 17.4 Å². The zero-order chi connectivity index (χ0) is 15.1. The van der Waals surface area contributed by atoms with Crippen molar-refractivity contribution in [1.29, 1.82) is 0 Å². The molecule has 110 valence electrons. The van der Waals surface area contributed by atoms with E-state index in [4.69, 9.17) is 4.74 Å². The molecule has 0 radical (unpaired) electrons. The second-order valence-corrected chi connectivity index (χ2v) is 7.66. The minimum Gasteiger partial charge on any atom is -0.481 e. The SMILES string of the molecule is CC(C)(C)CBr.COc1ncccc1CC(C)(C)C. The Labute approximate surface area is 127 Å². The summed E-state index contributed by atoms with van der Waals surface area (Å²) in [6, 6.07) is 4.01. The average molecular weight is 330 g/mol. The van der Waals surface area contributed by atoms with Gasteiger partial charge in [-0.3, -0.25) is 0 Å². The summed E-state index contributed by atoms with van der Waals surface area (Å²) < 4.78 is 5.18. The summed E-state index contributed by atoms with van der Waals surface area (Å²) in [7, 11) is 1.66. The fraction of sp³-hybridized carbons (Fsp3) is 0.688. The van der Waals surface area contributed by atoms with Gasteiger partial charge in [-0.25, -0.2) is 4.98 Å². The van der Waals surface area contributed by atoms with E-state index in [1.807, 2.05) is 6.07 Å². The summed E-state index contributed by atoms with van der Waals surface area (Å²) in [5.41, 5.74) is 1.91. The van der Waals surface area contributed by atoms with E-state index >= 15 is 0 Å². The maximum absolute atomic E-state index is 5.18. The molecular weight excluding hydrogens is 302 g/mol. The van der Waals surface area contributed by atoms with Crippen molar-refractivity contribution in [2.45, 2.75) is 48.0 Å². The van der Waals surface area contributed by atoms with Gasteiger partial charge in [0, 0.05) is 17.1 Å². The molecule has 1 rings (SSSR count). The molecule has 19 heavy (non-hydrogen) atoms. The number of rotatable bonds is 2. The second kappa shape index (κ2) is 7.88. The lowest BCUT2D eigenvalue weighted by molar-refractivity contribution is 0.368. The Hall–Kier alpha value is -0.570. The largest absolute Gasteiger partial charge is 0.481 e. The van der Waals surface area contributed by atoms with Crippen LogP contribution in [0, 0.1) is 10.8 Å². The number of ether oxygens (including phenoxy) is 1. The fourth-order valence-corrected chi connectivity index (χ4v) is 1.31. The van der Waals surface area contributed by atoms with Crippen LogP contribution in [0.1, 0.15) is 47.1 Å². The topological polar surface area (TPSA) is 22.1 Å². The number of nitrogens with zero attached hydrogens (tertiary/aromatic N) is 1. The molecule has 0 N–H and O–H groups in total. The van der Waals surface area contributed by atoms with E-state index in [9.17, 15) is 0 Å². The fourth-order valence-electron chi connectivity index (χ4n) is 1.31. The number of pyridine rings is 1. The van der Waals surface area contributed by atoms with Crippen LogP contribution in [0.4, 0.5) is 0 Å². The molecule has 0 aromatic carbocycles. The van der Waals surface area contributed by atoms with Crippen LogP contribution in [0.15, 0.2) is 18.3 Å². The van der Waals surface area contributed by atoms with Crippen molar-refractivity contribution in [3.8, 4) is 5.88 Å². The monoisotopic (exact) mass is 329 g/mol. The quantitative estimate of drug-likeness (QED) is 0.703. The van der Waals surface area contributed by atoms with Gasteiger partial charge in [-0.15, -0.1) is 0 Å². The normalized spacial score (nSPS) is 11.6. The standard InChI is InChI=1S/C11H17NO.C5H11Br/c1-11(2,3)8-9-6-5-7-12-10(9)13-4;1-5(2,3)4-6/h5-7H,8H2,1-4H3;4H2,1-3H3. The van der Waals surface area contributed by atoms with E-state index in [0.717, 1.165) is 17.6 Å². The van der Waals surface area contributed by atoms with Crippen LogP contribution in [0.25, 0.3) is 0 Å². The Kier molecular flexibility index (Phi) is 7.65. The molecule has 1 heterocycles. The molecule has 0 aliphatic carbocycles. The third-order valence-electron chi connectivity index (χ3n) is 2.16. The summed E-state index contributed by atoms with van der Waals surface area (Å²) in [5, 5.41) is 1.08. The van der Waals surface area contributed by atoms with Gasteiger partial charge in [0.15, 0.2) is 0 Å². The number of hydrogen-bond acceptors (Lipinski definition) is 2. The highest BCUT2D eigenvalue weighted by atomic mass is 79.9. The van der Waals surface area contributed by atoms with Crippen LogP contribution in [-0.2, 0) is 6.42 Å². The van der Waals surface area contributed by atoms with E-state index in [2.05, 4.69) is 68.5 Å².